The SMILES string of the molecule is COc1ccc(NC(=O)CN(c2cccc(C(C)=O)c2)S(C)(=O)=O)cc1OC. The van der Waals surface area contributed by atoms with Crippen molar-refractivity contribution in [3.05, 3.63) is 48.0 Å². The summed E-state index contributed by atoms with van der Waals surface area (Å²) >= 11 is 0. The lowest BCUT2D eigenvalue weighted by Crippen LogP contribution is -2.37. The zero-order valence-corrected chi connectivity index (χ0v) is 16.9. The number of ketones is 1. The largest absolute Gasteiger partial charge is 0.493 e. The van der Waals surface area contributed by atoms with E-state index in [2.05, 4.69) is 5.32 Å². The molecule has 2 aromatic rings. The van der Waals surface area contributed by atoms with Crippen molar-refractivity contribution in [2.45, 2.75) is 6.92 Å². The lowest BCUT2D eigenvalue weighted by molar-refractivity contribution is -0.114. The van der Waals surface area contributed by atoms with E-state index in [-0.39, 0.29) is 11.5 Å². The van der Waals surface area contributed by atoms with Crippen molar-refractivity contribution >= 4 is 33.1 Å². The molecule has 150 valence electrons. The number of sulfonamides is 1. The predicted octanol–water partition coefficient (Wildman–Crippen LogP) is 2.31. The first-order chi connectivity index (χ1) is 13.2. The third kappa shape index (κ3) is 5.23. The third-order valence-electron chi connectivity index (χ3n) is 3.90. The van der Waals surface area contributed by atoms with Gasteiger partial charge in [0.1, 0.15) is 6.54 Å². The highest BCUT2D eigenvalue weighted by atomic mass is 32.2. The van der Waals surface area contributed by atoms with E-state index >= 15 is 0 Å². The van der Waals surface area contributed by atoms with Gasteiger partial charge in [-0.25, -0.2) is 8.42 Å². The number of carbonyl (C=O) groups excluding carboxylic acids is 2. The molecule has 0 spiro atoms. The Labute approximate surface area is 164 Å². The predicted molar refractivity (Wildman–Crippen MR) is 107 cm³/mol. The molecule has 0 aliphatic heterocycles. The van der Waals surface area contributed by atoms with Gasteiger partial charge in [0.05, 0.1) is 26.2 Å². The zero-order chi connectivity index (χ0) is 20.9. The molecule has 0 saturated heterocycles. The smallest absolute Gasteiger partial charge is 0.245 e. The number of nitrogens with one attached hydrogen (secondary N) is 1. The molecule has 0 aliphatic carbocycles. The molecular weight excluding hydrogens is 384 g/mol. The van der Waals surface area contributed by atoms with Crippen molar-refractivity contribution < 1.29 is 27.5 Å². The summed E-state index contributed by atoms with van der Waals surface area (Å²) in [6.07, 6.45) is 0.997. The van der Waals surface area contributed by atoms with Gasteiger partial charge in [-0.05, 0) is 31.2 Å². The van der Waals surface area contributed by atoms with Crippen LogP contribution in [-0.2, 0) is 14.8 Å². The lowest BCUT2D eigenvalue weighted by atomic mass is 10.1. The summed E-state index contributed by atoms with van der Waals surface area (Å²) < 4.78 is 35.7. The minimum Gasteiger partial charge on any atom is -0.493 e. The normalized spacial score (nSPS) is 10.9. The lowest BCUT2D eigenvalue weighted by Gasteiger charge is -2.22. The minimum atomic E-state index is -3.75. The number of Topliss-reactive ketones (excluding diaryl/α,β-unsaturated/α-hetero) is 1. The number of ether oxygens (including phenoxy) is 2. The number of anilines is 2. The van der Waals surface area contributed by atoms with Gasteiger partial charge in [0.25, 0.3) is 0 Å². The van der Waals surface area contributed by atoms with Gasteiger partial charge in [-0.3, -0.25) is 13.9 Å². The van der Waals surface area contributed by atoms with Crippen LogP contribution in [0.15, 0.2) is 42.5 Å². The summed E-state index contributed by atoms with van der Waals surface area (Å²) in [5.74, 6) is 0.171. The van der Waals surface area contributed by atoms with E-state index in [9.17, 15) is 18.0 Å². The van der Waals surface area contributed by atoms with Gasteiger partial charge in [0.2, 0.25) is 15.9 Å². The van der Waals surface area contributed by atoms with Gasteiger partial charge in [-0.1, -0.05) is 12.1 Å². The molecule has 0 aliphatic rings. The number of hydrogen-bond donors (Lipinski definition) is 1. The molecule has 0 unspecified atom stereocenters. The Bertz CT molecular complexity index is 988. The number of amides is 1. The number of methoxy groups -OCH3 is 2. The summed E-state index contributed by atoms with van der Waals surface area (Å²) in [4.78, 5) is 24.0. The maximum Gasteiger partial charge on any atom is 0.245 e. The van der Waals surface area contributed by atoms with Crippen LogP contribution < -0.4 is 19.1 Å². The maximum atomic E-state index is 12.5. The molecule has 9 heteroatoms. The molecule has 0 atom stereocenters. The second-order valence-electron chi connectivity index (χ2n) is 5.99. The van der Waals surface area contributed by atoms with Crippen molar-refractivity contribution in [1.29, 1.82) is 0 Å². The standard InChI is InChI=1S/C19H22N2O6S/c1-13(22)14-6-5-7-16(10-14)21(28(4,24)25)12-19(23)20-15-8-9-17(26-2)18(11-15)27-3/h5-11H,12H2,1-4H3,(H,20,23). The molecule has 28 heavy (non-hydrogen) atoms. The Balaban J connectivity index is 2.25. The molecule has 0 fully saturated rings. The molecule has 2 aromatic carbocycles. The Hall–Kier alpha value is -3.07. The molecule has 0 heterocycles. The molecule has 0 saturated carbocycles. The molecule has 2 rings (SSSR count). The molecule has 0 radical (unpaired) electrons. The molecule has 0 bridgehead atoms. The number of rotatable bonds is 8. The Kier molecular flexibility index (Phi) is 6.63. The van der Waals surface area contributed by atoms with Crippen LogP contribution in [0.4, 0.5) is 11.4 Å². The summed E-state index contributed by atoms with van der Waals surface area (Å²) in [6.45, 7) is 0.933. The molecule has 1 N–H and O–H groups in total. The number of benzene rings is 2. The van der Waals surface area contributed by atoms with Gasteiger partial charge in [-0.2, -0.15) is 0 Å². The number of carbonyl (C=O) groups is 2. The van der Waals surface area contributed by atoms with E-state index in [4.69, 9.17) is 9.47 Å². The average molecular weight is 406 g/mol. The highest BCUT2D eigenvalue weighted by molar-refractivity contribution is 7.92. The van der Waals surface area contributed by atoms with Crippen molar-refractivity contribution in [3.63, 3.8) is 0 Å². The number of hydrogen-bond acceptors (Lipinski definition) is 6. The Morgan fingerprint density at radius 3 is 2.29 bits per heavy atom. The first-order valence-electron chi connectivity index (χ1n) is 8.26. The quantitative estimate of drug-likeness (QED) is 0.675. The van der Waals surface area contributed by atoms with Crippen LogP contribution in [0, 0.1) is 0 Å². The fourth-order valence-corrected chi connectivity index (χ4v) is 3.37. The fourth-order valence-electron chi connectivity index (χ4n) is 2.52. The number of nitrogens with zero attached hydrogens (tertiary/aromatic N) is 1. The molecular formula is C19H22N2O6S. The summed E-state index contributed by atoms with van der Waals surface area (Å²) in [6, 6.07) is 10.9. The average Bonchev–Trinajstić information content (AvgIpc) is 2.65. The second-order valence-corrected chi connectivity index (χ2v) is 7.90. The van der Waals surface area contributed by atoms with Crippen LogP contribution in [0.5, 0.6) is 11.5 Å². The van der Waals surface area contributed by atoms with E-state index < -0.39 is 22.5 Å². The fraction of sp³-hybridized carbons (Fsp3) is 0.263. The van der Waals surface area contributed by atoms with Crippen molar-refractivity contribution in [2.24, 2.45) is 0 Å². The van der Waals surface area contributed by atoms with Crippen LogP contribution in [0.3, 0.4) is 0 Å². The summed E-state index contributed by atoms with van der Waals surface area (Å²) in [5.41, 5.74) is 1.01. The van der Waals surface area contributed by atoms with Crippen LogP contribution in [-0.4, -0.2) is 47.1 Å². The second kappa shape index (κ2) is 8.75. The monoisotopic (exact) mass is 406 g/mol. The van der Waals surface area contributed by atoms with Crippen molar-refractivity contribution in [3.8, 4) is 11.5 Å². The van der Waals surface area contributed by atoms with Gasteiger partial charge >= 0.3 is 0 Å². The van der Waals surface area contributed by atoms with E-state index in [1.165, 1.54) is 33.3 Å². The van der Waals surface area contributed by atoms with Crippen LogP contribution in [0.1, 0.15) is 17.3 Å². The van der Waals surface area contributed by atoms with Crippen molar-refractivity contribution in [2.75, 3.05) is 36.6 Å². The van der Waals surface area contributed by atoms with E-state index in [0.717, 1.165) is 10.6 Å². The molecule has 0 aromatic heterocycles. The summed E-state index contributed by atoms with van der Waals surface area (Å²) in [7, 11) is -0.790. The van der Waals surface area contributed by atoms with Gasteiger partial charge in [-0.15, -0.1) is 0 Å². The van der Waals surface area contributed by atoms with E-state index in [1.807, 2.05) is 0 Å². The van der Waals surface area contributed by atoms with Gasteiger partial charge in [0.15, 0.2) is 17.3 Å². The van der Waals surface area contributed by atoms with Crippen LogP contribution in [0.2, 0.25) is 0 Å². The van der Waals surface area contributed by atoms with Gasteiger partial charge in [0, 0.05) is 17.3 Å². The molecule has 1 amide bonds. The highest BCUT2D eigenvalue weighted by Gasteiger charge is 2.22. The Morgan fingerprint density at radius 1 is 1.04 bits per heavy atom. The molecule has 8 nitrogen and oxygen atoms in total. The zero-order valence-electron chi connectivity index (χ0n) is 16.1. The maximum absolute atomic E-state index is 12.5. The minimum absolute atomic E-state index is 0.204. The third-order valence-corrected chi connectivity index (χ3v) is 5.04. The summed E-state index contributed by atoms with van der Waals surface area (Å²) in [5, 5.41) is 2.63. The van der Waals surface area contributed by atoms with E-state index in [1.54, 1.807) is 30.3 Å². The highest BCUT2D eigenvalue weighted by Crippen LogP contribution is 2.29. The van der Waals surface area contributed by atoms with E-state index in [0.29, 0.717) is 22.7 Å². The first kappa shape index (κ1) is 21.2. The van der Waals surface area contributed by atoms with Gasteiger partial charge < -0.3 is 14.8 Å². The van der Waals surface area contributed by atoms with Crippen LogP contribution in [0.25, 0.3) is 0 Å². The topological polar surface area (TPSA) is 102 Å². The van der Waals surface area contributed by atoms with Crippen LogP contribution >= 0.6 is 0 Å². The van der Waals surface area contributed by atoms with Crippen molar-refractivity contribution in [1.82, 2.24) is 0 Å². The first-order valence-corrected chi connectivity index (χ1v) is 10.1. The Morgan fingerprint density at radius 2 is 1.71 bits per heavy atom.